The van der Waals surface area contributed by atoms with Gasteiger partial charge in [0, 0.05) is 19.1 Å². The molecule has 90 valence electrons. The Bertz CT molecular complexity index is 354. The van der Waals surface area contributed by atoms with E-state index in [1.807, 2.05) is 6.07 Å². The van der Waals surface area contributed by atoms with Crippen LogP contribution in [0.2, 0.25) is 0 Å². The molecule has 0 spiro atoms. The van der Waals surface area contributed by atoms with Crippen LogP contribution in [0.4, 0.5) is 0 Å². The molecule has 1 aromatic rings. The average molecular weight is 288 g/mol. The molecule has 3 nitrogen and oxygen atoms in total. The lowest BCUT2D eigenvalue weighted by Crippen LogP contribution is -2.45. The Labute approximate surface area is 105 Å². The van der Waals surface area contributed by atoms with Crippen molar-refractivity contribution in [3.8, 4) is 0 Å². The van der Waals surface area contributed by atoms with Crippen LogP contribution in [-0.2, 0) is 5.60 Å². The van der Waals surface area contributed by atoms with Gasteiger partial charge in [-0.15, -0.1) is 0 Å². The highest BCUT2D eigenvalue weighted by atomic mass is 79.9. The number of halogens is 1. The lowest BCUT2D eigenvalue weighted by Gasteiger charge is -2.39. The summed E-state index contributed by atoms with van der Waals surface area (Å²) in [6.45, 7) is 6.21. The molecule has 0 unspecified atom stereocenters. The van der Waals surface area contributed by atoms with Crippen molar-refractivity contribution < 1.29 is 9.52 Å². The molecule has 0 bridgehead atoms. The zero-order valence-electron chi connectivity index (χ0n) is 9.74. The van der Waals surface area contributed by atoms with E-state index in [0.29, 0.717) is 11.8 Å². The Hall–Kier alpha value is -0.320. The van der Waals surface area contributed by atoms with Crippen LogP contribution in [0.5, 0.6) is 0 Å². The first kappa shape index (κ1) is 12.1. The Morgan fingerprint density at radius 3 is 2.50 bits per heavy atom. The van der Waals surface area contributed by atoms with E-state index in [-0.39, 0.29) is 0 Å². The lowest BCUT2D eigenvalue weighted by molar-refractivity contribution is -0.0482. The van der Waals surface area contributed by atoms with Crippen LogP contribution < -0.4 is 0 Å². The summed E-state index contributed by atoms with van der Waals surface area (Å²) >= 11 is 3.41. The van der Waals surface area contributed by atoms with Gasteiger partial charge in [-0.25, -0.2) is 0 Å². The van der Waals surface area contributed by atoms with Crippen molar-refractivity contribution in [2.45, 2.75) is 38.3 Å². The second kappa shape index (κ2) is 4.51. The molecule has 2 heterocycles. The normalized spacial score (nSPS) is 21.6. The molecule has 1 N–H and O–H groups in total. The van der Waals surface area contributed by atoms with Crippen molar-refractivity contribution >= 4 is 15.9 Å². The summed E-state index contributed by atoms with van der Waals surface area (Å²) in [6, 6.07) is 2.38. The molecule has 1 aromatic heterocycles. The Morgan fingerprint density at radius 1 is 1.44 bits per heavy atom. The molecule has 1 aliphatic rings. The van der Waals surface area contributed by atoms with E-state index >= 15 is 0 Å². The van der Waals surface area contributed by atoms with Crippen molar-refractivity contribution in [3.63, 3.8) is 0 Å². The van der Waals surface area contributed by atoms with E-state index in [1.54, 1.807) is 6.26 Å². The molecule has 0 aliphatic carbocycles. The van der Waals surface area contributed by atoms with E-state index in [2.05, 4.69) is 34.7 Å². The maximum Gasteiger partial charge on any atom is 0.149 e. The van der Waals surface area contributed by atoms with Crippen molar-refractivity contribution in [1.29, 1.82) is 0 Å². The molecular weight excluding hydrogens is 270 g/mol. The van der Waals surface area contributed by atoms with Crippen LogP contribution >= 0.6 is 15.9 Å². The Morgan fingerprint density at radius 2 is 2.06 bits per heavy atom. The minimum Gasteiger partial charge on any atom is -0.465 e. The van der Waals surface area contributed by atoms with E-state index in [4.69, 9.17) is 4.42 Å². The van der Waals surface area contributed by atoms with Gasteiger partial charge in [-0.3, -0.25) is 0 Å². The van der Waals surface area contributed by atoms with Crippen LogP contribution in [0, 0.1) is 0 Å². The summed E-state index contributed by atoms with van der Waals surface area (Å²) < 4.78 is 6.26. The third-order valence-electron chi connectivity index (χ3n) is 3.40. The molecule has 0 radical (unpaired) electrons. The summed E-state index contributed by atoms with van der Waals surface area (Å²) in [5.74, 6) is 0.677. The number of likely N-dealkylation sites (tertiary alicyclic amines) is 1. The average Bonchev–Trinajstić information content (AvgIpc) is 2.66. The van der Waals surface area contributed by atoms with Crippen molar-refractivity contribution in [3.05, 3.63) is 22.6 Å². The van der Waals surface area contributed by atoms with Crippen LogP contribution in [-0.4, -0.2) is 29.1 Å². The smallest absolute Gasteiger partial charge is 0.149 e. The largest absolute Gasteiger partial charge is 0.465 e. The summed E-state index contributed by atoms with van der Waals surface area (Å²) in [5.41, 5.74) is -0.798. The standard InChI is InChI=1S/C12H18BrNO2/c1-9(2)14-6-4-12(15,5-7-14)11-10(13)3-8-16-11/h3,8-9,15H,4-7H2,1-2H3. The van der Waals surface area contributed by atoms with Crippen LogP contribution in [0.25, 0.3) is 0 Å². The molecule has 0 atom stereocenters. The van der Waals surface area contributed by atoms with Gasteiger partial charge in [0.2, 0.25) is 0 Å². The monoisotopic (exact) mass is 287 g/mol. The fourth-order valence-corrected chi connectivity index (χ4v) is 2.83. The van der Waals surface area contributed by atoms with Crippen LogP contribution in [0.1, 0.15) is 32.4 Å². The Kier molecular flexibility index (Phi) is 3.42. The minimum absolute atomic E-state index is 0.546. The summed E-state index contributed by atoms with van der Waals surface area (Å²) in [7, 11) is 0. The van der Waals surface area contributed by atoms with E-state index < -0.39 is 5.60 Å². The highest BCUT2D eigenvalue weighted by Gasteiger charge is 2.38. The number of furan rings is 1. The first-order chi connectivity index (χ1) is 7.53. The summed E-state index contributed by atoms with van der Waals surface area (Å²) in [5, 5.41) is 10.6. The first-order valence-corrected chi connectivity index (χ1v) is 6.52. The molecule has 1 aliphatic heterocycles. The zero-order chi connectivity index (χ0) is 11.8. The number of nitrogens with zero attached hydrogens (tertiary/aromatic N) is 1. The highest BCUT2D eigenvalue weighted by molar-refractivity contribution is 9.10. The van der Waals surface area contributed by atoms with E-state index in [9.17, 15) is 5.11 Å². The number of rotatable bonds is 2. The van der Waals surface area contributed by atoms with Gasteiger partial charge in [-0.05, 0) is 48.7 Å². The van der Waals surface area contributed by atoms with Crippen molar-refractivity contribution in [1.82, 2.24) is 4.90 Å². The van der Waals surface area contributed by atoms with Crippen molar-refractivity contribution in [2.24, 2.45) is 0 Å². The van der Waals surface area contributed by atoms with E-state index in [0.717, 1.165) is 30.4 Å². The minimum atomic E-state index is -0.798. The summed E-state index contributed by atoms with van der Waals surface area (Å²) in [6.07, 6.45) is 3.08. The van der Waals surface area contributed by atoms with Gasteiger partial charge in [0.25, 0.3) is 0 Å². The lowest BCUT2D eigenvalue weighted by atomic mass is 9.88. The molecule has 0 amide bonds. The fourth-order valence-electron chi connectivity index (χ4n) is 2.26. The molecular formula is C12H18BrNO2. The third kappa shape index (κ3) is 2.19. The Balaban J connectivity index is 2.10. The summed E-state index contributed by atoms with van der Waals surface area (Å²) in [4.78, 5) is 2.38. The predicted octanol–water partition coefficient (Wildman–Crippen LogP) is 2.73. The number of hydrogen-bond donors (Lipinski definition) is 1. The van der Waals surface area contributed by atoms with Crippen molar-refractivity contribution in [2.75, 3.05) is 13.1 Å². The quantitative estimate of drug-likeness (QED) is 0.909. The first-order valence-electron chi connectivity index (χ1n) is 5.73. The van der Waals surface area contributed by atoms with Gasteiger partial charge in [0.15, 0.2) is 0 Å². The van der Waals surface area contributed by atoms with Crippen LogP contribution in [0.3, 0.4) is 0 Å². The highest BCUT2D eigenvalue weighted by Crippen LogP contribution is 2.37. The number of hydrogen-bond acceptors (Lipinski definition) is 3. The third-order valence-corrected chi connectivity index (χ3v) is 4.02. The molecule has 1 fully saturated rings. The van der Waals surface area contributed by atoms with Gasteiger partial charge < -0.3 is 14.4 Å². The predicted molar refractivity (Wildman–Crippen MR) is 66.2 cm³/mol. The second-order valence-corrected chi connectivity index (χ2v) is 5.61. The molecule has 0 saturated carbocycles. The van der Waals surface area contributed by atoms with Crippen LogP contribution in [0.15, 0.2) is 21.2 Å². The second-order valence-electron chi connectivity index (χ2n) is 4.76. The zero-order valence-corrected chi connectivity index (χ0v) is 11.3. The topological polar surface area (TPSA) is 36.6 Å². The molecule has 16 heavy (non-hydrogen) atoms. The van der Waals surface area contributed by atoms with Gasteiger partial charge in [0.1, 0.15) is 11.4 Å². The number of piperidine rings is 1. The molecule has 1 saturated heterocycles. The molecule has 4 heteroatoms. The fraction of sp³-hybridized carbons (Fsp3) is 0.667. The van der Waals surface area contributed by atoms with Gasteiger partial charge >= 0.3 is 0 Å². The number of aliphatic hydroxyl groups is 1. The van der Waals surface area contributed by atoms with Gasteiger partial charge in [0.05, 0.1) is 10.7 Å². The van der Waals surface area contributed by atoms with Gasteiger partial charge in [-0.2, -0.15) is 0 Å². The maximum absolute atomic E-state index is 10.6. The SMILES string of the molecule is CC(C)N1CCC(O)(c2occc2Br)CC1. The maximum atomic E-state index is 10.6. The molecule has 2 rings (SSSR count). The molecule has 0 aromatic carbocycles. The van der Waals surface area contributed by atoms with E-state index in [1.165, 1.54) is 0 Å². The van der Waals surface area contributed by atoms with Gasteiger partial charge in [-0.1, -0.05) is 0 Å².